The Labute approximate surface area is 201 Å². The molecule has 0 spiro atoms. The Balaban J connectivity index is 1.53. The Kier molecular flexibility index (Phi) is 9.90. The van der Waals surface area contributed by atoms with Gasteiger partial charge in [-0.15, -0.1) is 0 Å². The topological polar surface area (TPSA) is 97.2 Å². The molecule has 3 rings (SSSR count). The first kappa shape index (κ1) is 25.7. The first-order valence-electron chi connectivity index (χ1n) is 11.9. The third-order valence-corrected chi connectivity index (χ3v) is 5.91. The molecular weight excluding hydrogens is 436 g/mol. The molecule has 0 radical (unpaired) electrons. The standard InChI is InChI=1S/C25H36N4O5/c1-19(31)20(2)34-22-18-24(23(32-3)17-21(22)7-4-15-30)33-16-6-10-28-11-13-29(14-12-28)25-26-8-5-9-27-25/h5,8-9,17-18,20,30H,4,6-7,10-16H2,1-3H3. The lowest BCUT2D eigenvalue weighted by atomic mass is 10.1. The molecule has 1 N–H and O–H groups in total. The van der Waals surface area contributed by atoms with Crippen LogP contribution in [-0.2, 0) is 11.2 Å². The van der Waals surface area contributed by atoms with Crippen molar-refractivity contribution in [1.82, 2.24) is 14.9 Å². The van der Waals surface area contributed by atoms with E-state index in [4.69, 9.17) is 14.2 Å². The summed E-state index contributed by atoms with van der Waals surface area (Å²) in [6.07, 6.45) is 5.07. The van der Waals surface area contributed by atoms with Gasteiger partial charge in [0.05, 0.1) is 13.7 Å². The third kappa shape index (κ3) is 7.30. The summed E-state index contributed by atoms with van der Waals surface area (Å²) in [5.41, 5.74) is 0.881. The molecule has 1 atom stereocenters. The second kappa shape index (κ2) is 13.1. The number of carbonyl (C=O) groups excluding carboxylic acids is 1. The fourth-order valence-electron chi connectivity index (χ4n) is 3.80. The lowest BCUT2D eigenvalue weighted by Crippen LogP contribution is -2.47. The van der Waals surface area contributed by atoms with Crippen LogP contribution in [0.2, 0.25) is 0 Å². The monoisotopic (exact) mass is 472 g/mol. The Hall–Kier alpha value is -2.91. The molecule has 0 bridgehead atoms. The minimum absolute atomic E-state index is 0.0506. The van der Waals surface area contributed by atoms with Gasteiger partial charge in [0, 0.05) is 57.8 Å². The second-order valence-electron chi connectivity index (χ2n) is 8.39. The van der Waals surface area contributed by atoms with Crippen molar-refractivity contribution in [3.8, 4) is 17.2 Å². The van der Waals surface area contributed by atoms with E-state index in [1.54, 1.807) is 32.5 Å². The van der Waals surface area contributed by atoms with Gasteiger partial charge in [-0.25, -0.2) is 9.97 Å². The molecule has 34 heavy (non-hydrogen) atoms. The van der Waals surface area contributed by atoms with Gasteiger partial charge in [0.15, 0.2) is 23.4 Å². The van der Waals surface area contributed by atoms with E-state index in [1.165, 1.54) is 6.92 Å². The number of benzene rings is 1. The molecule has 9 nitrogen and oxygen atoms in total. The van der Waals surface area contributed by atoms with Gasteiger partial charge in [0.2, 0.25) is 5.95 Å². The molecule has 186 valence electrons. The second-order valence-corrected chi connectivity index (χ2v) is 8.39. The van der Waals surface area contributed by atoms with E-state index in [2.05, 4.69) is 19.8 Å². The maximum atomic E-state index is 11.7. The summed E-state index contributed by atoms with van der Waals surface area (Å²) in [4.78, 5) is 25.0. The van der Waals surface area contributed by atoms with Crippen LogP contribution in [0.3, 0.4) is 0 Å². The number of hydrogen-bond donors (Lipinski definition) is 1. The van der Waals surface area contributed by atoms with E-state index in [-0.39, 0.29) is 12.4 Å². The fourth-order valence-corrected chi connectivity index (χ4v) is 3.80. The number of rotatable bonds is 13. The van der Waals surface area contributed by atoms with Crippen LogP contribution in [0.5, 0.6) is 17.2 Å². The van der Waals surface area contributed by atoms with Crippen molar-refractivity contribution in [2.24, 2.45) is 0 Å². The average Bonchev–Trinajstić information content (AvgIpc) is 2.86. The fraction of sp³-hybridized carbons (Fsp3) is 0.560. The summed E-state index contributed by atoms with van der Waals surface area (Å²) in [6.45, 7) is 8.52. The number of aryl methyl sites for hydroxylation is 1. The predicted molar refractivity (Wildman–Crippen MR) is 130 cm³/mol. The number of aliphatic hydroxyl groups is 1. The molecule has 9 heteroatoms. The van der Waals surface area contributed by atoms with Crippen molar-refractivity contribution in [2.75, 3.05) is 57.9 Å². The zero-order valence-corrected chi connectivity index (χ0v) is 20.4. The molecule has 0 saturated carbocycles. The lowest BCUT2D eigenvalue weighted by molar-refractivity contribution is -0.122. The number of ketones is 1. The molecule has 1 aromatic carbocycles. The number of ether oxygens (including phenoxy) is 3. The molecule has 1 fully saturated rings. The molecule has 0 aliphatic carbocycles. The highest BCUT2D eigenvalue weighted by Gasteiger charge is 2.19. The maximum absolute atomic E-state index is 11.7. The quantitative estimate of drug-likeness (QED) is 0.441. The van der Waals surface area contributed by atoms with Gasteiger partial charge in [-0.1, -0.05) is 0 Å². The first-order chi connectivity index (χ1) is 16.5. The maximum Gasteiger partial charge on any atom is 0.225 e. The van der Waals surface area contributed by atoms with Gasteiger partial charge in [0.25, 0.3) is 0 Å². The Morgan fingerprint density at radius 3 is 2.47 bits per heavy atom. The van der Waals surface area contributed by atoms with Crippen molar-refractivity contribution < 1.29 is 24.1 Å². The summed E-state index contributed by atoms with van der Waals surface area (Å²) in [7, 11) is 1.60. The number of methoxy groups -OCH3 is 1. The molecule has 2 heterocycles. The average molecular weight is 473 g/mol. The van der Waals surface area contributed by atoms with Gasteiger partial charge in [-0.05, 0) is 50.8 Å². The number of piperazine rings is 1. The van der Waals surface area contributed by atoms with Crippen LogP contribution in [0.1, 0.15) is 32.3 Å². The summed E-state index contributed by atoms with van der Waals surface area (Å²) in [5.74, 6) is 2.54. The van der Waals surface area contributed by atoms with Gasteiger partial charge in [0.1, 0.15) is 5.75 Å². The van der Waals surface area contributed by atoms with Crippen molar-refractivity contribution in [2.45, 2.75) is 39.2 Å². The third-order valence-electron chi connectivity index (χ3n) is 5.91. The zero-order valence-electron chi connectivity index (χ0n) is 20.4. The molecule has 1 aromatic heterocycles. The highest BCUT2D eigenvalue weighted by atomic mass is 16.5. The number of anilines is 1. The largest absolute Gasteiger partial charge is 0.493 e. The molecule has 0 amide bonds. The SMILES string of the molecule is COc1cc(CCCO)c(OC(C)C(C)=O)cc1OCCCN1CCN(c2ncccn2)CC1. The molecular formula is C25H36N4O5. The van der Waals surface area contributed by atoms with E-state index in [0.717, 1.165) is 50.7 Å². The number of Topliss-reactive ketones (excluding diaryl/α,β-unsaturated/α-hetero) is 1. The van der Waals surface area contributed by atoms with Crippen molar-refractivity contribution in [3.63, 3.8) is 0 Å². The predicted octanol–water partition coefficient (Wildman–Crippen LogP) is 2.36. The van der Waals surface area contributed by atoms with E-state index in [9.17, 15) is 9.90 Å². The summed E-state index contributed by atoms with van der Waals surface area (Å²) >= 11 is 0. The van der Waals surface area contributed by atoms with Crippen LogP contribution in [-0.4, -0.2) is 84.9 Å². The van der Waals surface area contributed by atoms with Crippen LogP contribution in [0, 0.1) is 0 Å². The number of carbonyl (C=O) groups is 1. The summed E-state index contributed by atoms with van der Waals surface area (Å²) in [6, 6.07) is 5.50. The molecule has 2 aromatic rings. The number of nitrogens with zero attached hydrogens (tertiary/aromatic N) is 4. The summed E-state index contributed by atoms with van der Waals surface area (Å²) < 4.78 is 17.5. The van der Waals surface area contributed by atoms with E-state index in [1.807, 2.05) is 12.1 Å². The smallest absolute Gasteiger partial charge is 0.225 e. The molecule has 1 saturated heterocycles. The molecule has 1 aliphatic rings. The number of hydrogen-bond acceptors (Lipinski definition) is 9. The van der Waals surface area contributed by atoms with Gasteiger partial charge in [-0.2, -0.15) is 0 Å². The van der Waals surface area contributed by atoms with Crippen LogP contribution in [0.4, 0.5) is 5.95 Å². The Bertz CT molecular complexity index is 904. The Morgan fingerprint density at radius 2 is 1.82 bits per heavy atom. The van der Waals surface area contributed by atoms with Crippen molar-refractivity contribution in [1.29, 1.82) is 0 Å². The van der Waals surface area contributed by atoms with Crippen LogP contribution >= 0.6 is 0 Å². The van der Waals surface area contributed by atoms with Crippen LogP contribution < -0.4 is 19.1 Å². The zero-order chi connectivity index (χ0) is 24.3. The van der Waals surface area contributed by atoms with Crippen LogP contribution in [0.15, 0.2) is 30.6 Å². The number of aromatic nitrogens is 2. The van der Waals surface area contributed by atoms with Crippen molar-refractivity contribution in [3.05, 3.63) is 36.2 Å². The van der Waals surface area contributed by atoms with Crippen molar-refractivity contribution >= 4 is 11.7 Å². The normalized spacial score (nSPS) is 15.1. The summed E-state index contributed by atoms with van der Waals surface area (Å²) in [5, 5.41) is 9.23. The minimum Gasteiger partial charge on any atom is -0.493 e. The van der Waals surface area contributed by atoms with Gasteiger partial charge >= 0.3 is 0 Å². The highest BCUT2D eigenvalue weighted by Crippen LogP contribution is 2.36. The Morgan fingerprint density at radius 1 is 1.09 bits per heavy atom. The lowest BCUT2D eigenvalue weighted by Gasteiger charge is -2.34. The first-order valence-corrected chi connectivity index (χ1v) is 11.9. The minimum atomic E-state index is -0.561. The molecule has 1 unspecified atom stereocenters. The van der Waals surface area contributed by atoms with E-state index in [0.29, 0.717) is 36.7 Å². The van der Waals surface area contributed by atoms with Gasteiger partial charge < -0.3 is 24.2 Å². The van der Waals surface area contributed by atoms with E-state index < -0.39 is 6.10 Å². The molecule has 1 aliphatic heterocycles. The van der Waals surface area contributed by atoms with Gasteiger partial charge in [-0.3, -0.25) is 9.69 Å². The highest BCUT2D eigenvalue weighted by molar-refractivity contribution is 5.80. The van der Waals surface area contributed by atoms with Crippen LogP contribution in [0.25, 0.3) is 0 Å². The van der Waals surface area contributed by atoms with E-state index >= 15 is 0 Å². The number of aliphatic hydroxyl groups excluding tert-OH is 1.